The largest absolute Gasteiger partial charge is 0.443 e. The number of carbonyl (C=O) groups is 1. The summed E-state index contributed by atoms with van der Waals surface area (Å²) in [6.45, 7) is 6.58. The van der Waals surface area contributed by atoms with Crippen LogP contribution in [-0.4, -0.2) is 87.7 Å². The minimum Gasteiger partial charge on any atom is -0.443 e. The van der Waals surface area contributed by atoms with Crippen molar-refractivity contribution in [2.45, 2.75) is 81.7 Å². The molecule has 1 saturated heterocycles. The summed E-state index contributed by atoms with van der Waals surface area (Å²) < 4.78 is 79.0. The number of aromatic nitrogens is 2. The van der Waals surface area contributed by atoms with Gasteiger partial charge in [0.1, 0.15) is 27.7 Å². The zero-order chi connectivity index (χ0) is 27.9. The van der Waals surface area contributed by atoms with E-state index in [0.717, 1.165) is 0 Å². The maximum absolute atomic E-state index is 13.9. The van der Waals surface area contributed by atoms with E-state index in [9.17, 15) is 31.9 Å². The summed E-state index contributed by atoms with van der Waals surface area (Å²) >= 11 is 0.467. The molecule has 0 spiro atoms. The van der Waals surface area contributed by atoms with Gasteiger partial charge < -0.3 is 19.5 Å². The summed E-state index contributed by atoms with van der Waals surface area (Å²) in [5.41, 5.74) is -2.79. The van der Waals surface area contributed by atoms with Crippen LogP contribution in [0.25, 0.3) is 0 Å². The molecule has 2 atom stereocenters. The maximum atomic E-state index is 13.9. The molecule has 1 N–H and O–H groups in total. The lowest BCUT2D eigenvalue weighted by molar-refractivity contribution is -0.157. The number of morpholine rings is 1. The zero-order valence-corrected chi connectivity index (χ0v) is 22.0. The molecule has 2 unspecified atom stereocenters. The third kappa shape index (κ3) is 6.84. The van der Waals surface area contributed by atoms with Gasteiger partial charge in [-0.2, -0.15) is 13.2 Å². The van der Waals surface area contributed by atoms with E-state index in [1.165, 1.54) is 11.0 Å². The second-order valence-corrected chi connectivity index (χ2v) is 11.5. The van der Waals surface area contributed by atoms with Gasteiger partial charge in [0.15, 0.2) is 11.9 Å². The zero-order valence-electron chi connectivity index (χ0n) is 21.2. The van der Waals surface area contributed by atoms with Gasteiger partial charge in [0.2, 0.25) is 5.92 Å². The van der Waals surface area contributed by atoms with Crippen LogP contribution in [0.15, 0.2) is 11.1 Å². The monoisotopic (exact) mass is 567 g/mol. The minimum absolute atomic E-state index is 0.00536. The number of nitrogens with zero attached hydrogens (tertiary/aromatic N) is 5. The quantitative estimate of drug-likeness (QED) is 0.536. The third-order valence-corrected chi connectivity index (χ3v) is 7.22. The molecule has 1 aromatic rings. The highest BCUT2D eigenvalue weighted by atomic mass is 32.2. The second-order valence-electron chi connectivity index (χ2n) is 10.4. The van der Waals surface area contributed by atoms with Gasteiger partial charge in [-0.1, -0.05) is 11.8 Å². The molecule has 1 amide bonds. The number of thioether (sulfide) groups is 1. The fourth-order valence-corrected chi connectivity index (χ4v) is 5.31. The summed E-state index contributed by atoms with van der Waals surface area (Å²) in [7, 11) is 0. The average Bonchev–Trinajstić information content (AvgIpc) is 3.22. The lowest BCUT2D eigenvalue weighted by Crippen LogP contribution is -2.47. The van der Waals surface area contributed by atoms with Crippen LogP contribution in [0, 0.1) is 0 Å². The van der Waals surface area contributed by atoms with Gasteiger partial charge in [0.25, 0.3) is 0 Å². The summed E-state index contributed by atoms with van der Waals surface area (Å²) in [4.78, 5) is 28.8. The lowest BCUT2D eigenvalue weighted by atomic mass is 9.91. The molecule has 38 heavy (non-hydrogen) atoms. The van der Waals surface area contributed by atoms with Gasteiger partial charge in [-0.25, -0.2) is 23.5 Å². The number of ether oxygens (including phenoxy) is 2. The summed E-state index contributed by atoms with van der Waals surface area (Å²) in [6, 6.07) is -1.55. The Morgan fingerprint density at radius 1 is 1.18 bits per heavy atom. The van der Waals surface area contributed by atoms with E-state index < -0.39 is 54.2 Å². The van der Waals surface area contributed by atoms with Crippen molar-refractivity contribution in [3.05, 3.63) is 11.9 Å². The Kier molecular flexibility index (Phi) is 8.11. The molecular weight excluding hydrogens is 537 g/mol. The molecule has 212 valence electrons. The van der Waals surface area contributed by atoms with E-state index in [4.69, 9.17) is 9.47 Å². The molecule has 0 bridgehead atoms. The molecule has 3 heterocycles. The first-order chi connectivity index (χ1) is 17.6. The lowest BCUT2D eigenvalue weighted by Gasteiger charge is -2.37. The average molecular weight is 568 g/mol. The van der Waals surface area contributed by atoms with Gasteiger partial charge in [-0.3, -0.25) is 9.89 Å². The number of amides is 1. The second kappa shape index (κ2) is 10.7. The molecule has 0 radical (unpaired) electrons. The van der Waals surface area contributed by atoms with E-state index in [0.29, 0.717) is 43.9 Å². The molecule has 2 fully saturated rings. The molecule has 0 aromatic carbocycles. The van der Waals surface area contributed by atoms with Crippen molar-refractivity contribution in [1.82, 2.24) is 9.97 Å². The van der Waals surface area contributed by atoms with Gasteiger partial charge >= 0.3 is 12.3 Å². The van der Waals surface area contributed by atoms with Crippen LogP contribution in [0.1, 0.15) is 52.3 Å². The van der Waals surface area contributed by atoms with Gasteiger partial charge in [-0.15, -0.1) is 0 Å². The fourth-order valence-electron chi connectivity index (χ4n) is 4.36. The highest BCUT2D eigenvalue weighted by Crippen LogP contribution is 2.40. The standard InChI is InChI=1S/C23H30F5N5O4S/c1-21(2,3)37-20(35)33(13-4-6-22(24,25)7-5-13)15-12-14(32-8-10-36-11-9-32)29-17(30-15)18-31-16(19(34)38-18)23(26,27)28/h12-13,16,19,34H,4-11H2,1-3H3. The van der Waals surface area contributed by atoms with E-state index in [-0.39, 0.29) is 29.5 Å². The summed E-state index contributed by atoms with van der Waals surface area (Å²) in [6.07, 6.45) is -6.53. The number of aliphatic hydroxyl groups excluding tert-OH is 1. The predicted molar refractivity (Wildman–Crippen MR) is 131 cm³/mol. The normalized spacial score (nSPS) is 24.8. The molecule has 9 nitrogen and oxygen atoms in total. The van der Waals surface area contributed by atoms with Crippen LogP contribution in [-0.2, 0) is 9.47 Å². The Morgan fingerprint density at radius 3 is 2.37 bits per heavy atom. The van der Waals surface area contributed by atoms with Gasteiger partial charge in [-0.05, 0) is 33.6 Å². The number of aliphatic imine (C=N–C) groups is 1. The van der Waals surface area contributed by atoms with Crippen molar-refractivity contribution in [2.24, 2.45) is 4.99 Å². The van der Waals surface area contributed by atoms with Gasteiger partial charge in [0.05, 0.1) is 13.2 Å². The van der Waals surface area contributed by atoms with E-state index in [1.54, 1.807) is 20.8 Å². The number of anilines is 2. The molecule has 1 saturated carbocycles. The van der Waals surface area contributed by atoms with Crippen LogP contribution in [0.4, 0.5) is 38.4 Å². The van der Waals surface area contributed by atoms with Crippen LogP contribution in [0.2, 0.25) is 0 Å². The van der Waals surface area contributed by atoms with Crippen molar-refractivity contribution in [3.8, 4) is 0 Å². The Hall–Kier alpha value is -2.26. The van der Waals surface area contributed by atoms with Crippen LogP contribution in [0.3, 0.4) is 0 Å². The molecule has 2 aliphatic heterocycles. The summed E-state index contributed by atoms with van der Waals surface area (Å²) in [5.74, 6) is -2.77. The van der Waals surface area contributed by atoms with E-state index in [1.807, 2.05) is 4.90 Å². The van der Waals surface area contributed by atoms with Gasteiger partial charge in [0, 0.05) is 38.0 Å². The molecule has 1 aromatic heterocycles. The Bertz CT molecular complexity index is 1050. The first-order valence-electron chi connectivity index (χ1n) is 12.2. The number of carbonyl (C=O) groups excluding carboxylic acids is 1. The number of aliphatic hydroxyl groups is 1. The Balaban J connectivity index is 1.78. The number of rotatable bonds is 4. The number of alkyl halides is 5. The van der Waals surface area contributed by atoms with E-state index in [2.05, 4.69) is 15.0 Å². The third-order valence-electron chi connectivity index (χ3n) is 6.21. The smallest absolute Gasteiger partial charge is 0.416 e. The van der Waals surface area contributed by atoms with Crippen molar-refractivity contribution in [3.63, 3.8) is 0 Å². The molecule has 4 rings (SSSR count). The molecule has 15 heteroatoms. The fraction of sp³-hybridized carbons (Fsp3) is 0.739. The Morgan fingerprint density at radius 2 is 1.82 bits per heavy atom. The topological polar surface area (TPSA) is 100 Å². The number of halogens is 5. The van der Waals surface area contributed by atoms with Crippen molar-refractivity contribution >= 4 is 34.5 Å². The highest BCUT2D eigenvalue weighted by molar-refractivity contribution is 8.15. The minimum atomic E-state index is -4.78. The van der Waals surface area contributed by atoms with Crippen molar-refractivity contribution in [1.29, 1.82) is 0 Å². The first-order valence-corrected chi connectivity index (χ1v) is 13.1. The van der Waals surface area contributed by atoms with Crippen molar-refractivity contribution in [2.75, 3.05) is 36.1 Å². The number of hydrogen-bond acceptors (Lipinski definition) is 9. The molecular formula is C23H30F5N5O4S. The maximum Gasteiger partial charge on any atom is 0.416 e. The number of hydrogen-bond donors (Lipinski definition) is 1. The predicted octanol–water partition coefficient (Wildman–Crippen LogP) is 4.38. The van der Waals surface area contributed by atoms with Crippen LogP contribution >= 0.6 is 11.8 Å². The summed E-state index contributed by atoms with van der Waals surface area (Å²) in [5, 5.41) is 9.77. The first kappa shape index (κ1) is 28.7. The molecule has 1 aliphatic carbocycles. The Labute approximate surface area is 220 Å². The van der Waals surface area contributed by atoms with E-state index >= 15 is 0 Å². The SMILES string of the molecule is CC(C)(C)OC(=O)N(c1cc(N2CCOCC2)nc(C2=NC(C(F)(F)F)C(O)S2)n1)C1CCC(F)(F)CC1. The molecule has 3 aliphatic rings. The van der Waals surface area contributed by atoms with Crippen LogP contribution in [0.5, 0.6) is 0 Å². The van der Waals surface area contributed by atoms with Crippen LogP contribution < -0.4 is 9.80 Å². The van der Waals surface area contributed by atoms with Crippen molar-refractivity contribution < 1.29 is 41.3 Å². The highest BCUT2D eigenvalue weighted by Gasteiger charge is 2.49.